The van der Waals surface area contributed by atoms with Crippen LogP contribution in [0.3, 0.4) is 0 Å². The Morgan fingerprint density at radius 1 is 1.06 bits per heavy atom. The van der Waals surface area contributed by atoms with Crippen molar-refractivity contribution in [1.29, 1.82) is 0 Å². The van der Waals surface area contributed by atoms with Crippen molar-refractivity contribution in [2.75, 3.05) is 16.0 Å². The predicted octanol–water partition coefficient (Wildman–Crippen LogP) is 3.42. The molecule has 3 heterocycles. The lowest BCUT2D eigenvalue weighted by molar-refractivity contribution is 0.0805. The van der Waals surface area contributed by atoms with Gasteiger partial charge in [-0.3, -0.25) is 4.79 Å². The molecule has 3 aromatic heterocycles. The number of carbonyl (C=O) groups is 2. The van der Waals surface area contributed by atoms with E-state index < -0.39 is 6.09 Å². The van der Waals surface area contributed by atoms with Crippen LogP contribution in [0.25, 0.3) is 5.65 Å². The number of nitrogens with zero attached hydrogens (tertiary/aromatic N) is 4. The third-order valence-corrected chi connectivity index (χ3v) is 6.14. The minimum atomic E-state index is -0.737. The molecular weight excluding hydrogens is 460 g/mol. The molecule has 0 aromatic carbocycles. The largest absolute Gasteiger partial charge is 0.446 e. The van der Waals surface area contributed by atoms with Crippen LogP contribution >= 0.6 is 11.6 Å². The Morgan fingerprint density at radius 2 is 1.79 bits per heavy atom. The smallest absolute Gasteiger partial charge is 0.404 e. The number of hydrogen-bond acceptors (Lipinski definition) is 8. The highest BCUT2D eigenvalue weighted by atomic mass is 35.5. The van der Waals surface area contributed by atoms with Crippen molar-refractivity contribution < 1.29 is 14.3 Å². The zero-order valence-corrected chi connectivity index (χ0v) is 19.1. The number of anilines is 3. The molecule has 34 heavy (non-hydrogen) atoms. The number of fused-ring (bicyclic) bond motifs is 1. The van der Waals surface area contributed by atoms with Crippen molar-refractivity contribution in [3.05, 3.63) is 41.4 Å². The van der Waals surface area contributed by atoms with Crippen LogP contribution in [0.5, 0.6) is 0 Å². The summed E-state index contributed by atoms with van der Waals surface area (Å²) in [6.07, 6.45) is 7.40. The monoisotopic (exact) mass is 484 g/mol. The number of primary amides is 1. The summed E-state index contributed by atoms with van der Waals surface area (Å²) in [7, 11) is 0. The van der Waals surface area contributed by atoms with Gasteiger partial charge >= 0.3 is 6.09 Å². The summed E-state index contributed by atoms with van der Waals surface area (Å²) in [4.78, 5) is 32.4. The van der Waals surface area contributed by atoms with E-state index in [0.29, 0.717) is 28.9 Å². The lowest BCUT2D eigenvalue weighted by Gasteiger charge is -2.28. The second kappa shape index (κ2) is 9.34. The zero-order valence-electron chi connectivity index (χ0n) is 18.3. The van der Waals surface area contributed by atoms with Crippen LogP contribution < -0.4 is 21.7 Å². The minimum Gasteiger partial charge on any atom is -0.446 e. The number of amides is 2. The van der Waals surface area contributed by atoms with Crippen LogP contribution in [0.2, 0.25) is 5.15 Å². The van der Waals surface area contributed by atoms with Crippen molar-refractivity contribution in [2.24, 2.45) is 5.73 Å². The molecule has 0 radical (unpaired) electrons. The van der Waals surface area contributed by atoms with E-state index >= 15 is 0 Å². The van der Waals surface area contributed by atoms with Gasteiger partial charge in [-0.15, -0.1) is 5.10 Å². The topological polar surface area (TPSA) is 149 Å². The van der Waals surface area contributed by atoms with Crippen LogP contribution in [0.4, 0.5) is 22.0 Å². The third kappa shape index (κ3) is 5.14. The highest BCUT2D eigenvalue weighted by molar-refractivity contribution is 6.29. The van der Waals surface area contributed by atoms with Gasteiger partial charge in [-0.05, 0) is 50.7 Å². The highest BCUT2D eigenvalue weighted by Crippen LogP contribution is 2.30. The molecule has 0 spiro atoms. The van der Waals surface area contributed by atoms with Gasteiger partial charge in [0, 0.05) is 30.0 Å². The first-order valence-corrected chi connectivity index (χ1v) is 11.6. The first kappa shape index (κ1) is 22.2. The fourth-order valence-electron chi connectivity index (χ4n) is 4.12. The highest BCUT2D eigenvalue weighted by Gasteiger charge is 2.26. The average Bonchev–Trinajstić information content (AvgIpc) is 3.50. The Balaban J connectivity index is 1.38. The number of aromatic nitrogens is 4. The summed E-state index contributed by atoms with van der Waals surface area (Å²) in [6.45, 7) is 0. The number of nitrogens with two attached hydrogens (primary N) is 1. The number of imidazole rings is 1. The Hall–Kier alpha value is -3.60. The molecule has 0 unspecified atom stereocenters. The summed E-state index contributed by atoms with van der Waals surface area (Å²) in [6, 6.07) is 5.71. The van der Waals surface area contributed by atoms with Crippen molar-refractivity contribution in [3.8, 4) is 0 Å². The number of hydrogen-bond donors (Lipinski definition) is 4. The van der Waals surface area contributed by atoms with E-state index in [0.717, 1.165) is 44.2 Å². The SMILES string of the molecule is NC(=O)OC1CCC(Nc2cc(NC3CC3)c3ncc(C(=O)Nc4ccnc(Cl)c4)n3n2)CC1. The Labute approximate surface area is 200 Å². The molecule has 12 heteroatoms. The van der Waals surface area contributed by atoms with Gasteiger partial charge in [0.05, 0.1) is 11.9 Å². The van der Waals surface area contributed by atoms with Crippen molar-refractivity contribution in [3.63, 3.8) is 0 Å². The molecule has 5 rings (SSSR count). The van der Waals surface area contributed by atoms with Crippen LogP contribution in [0.15, 0.2) is 30.6 Å². The average molecular weight is 485 g/mol. The van der Waals surface area contributed by atoms with E-state index in [1.165, 1.54) is 12.4 Å². The molecule has 3 aromatic rings. The lowest BCUT2D eigenvalue weighted by atomic mass is 9.93. The van der Waals surface area contributed by atoms with Crippen LogP contribution in [-0.4, -0.2) is 49.8 Å². The molecule has 0 atom stereocenters. The number of nitrogens with one attached hydrogen (secondary N) is 3. The maximum absolute atomic E-state index is 13.0. The molecule has 0 bridgehead atoms. The Bertz CT molecular complexity index is 1220. The molecule has 2 aliphatic carbocycles. The molecular formula is C22H25ClN8O3. The fourth-order valence-corrected chi connectivity index (χ4v) is 4.30. The number of carbonyl (C=O) groups excluding carboxylic acids is 2. The standard InChI is InChI=1S/C22H25ClN8O3/c23-18-9-14(7-8-25-18)29-21(32)17-11-26-20-16(27-12-1-2-12)10-19(30-31(17)20)28-13-3-5-15(6-4-13)34-22(24)33/h7-13,15,27H,1-6H2,(H2,24,33)(H,28,30)(H,25,29,32). The van der Waals surface area contributed by atoms with Gasteiger partial charge in [0.15, 0.2) is 11.3 Å². The van der Waals surface area contributed by atoms with Gasteiger partial charge in [0.25, 0.3) is 5.91 Å². The predicted molar refractivity (Wildman–Crippen MR) is 127 cm³/mol. The Morgan fingerprint density at radius 3 is 2.50 bits per heavy atom. The van der Waals surface area contributed by atoms with Crippen LogP contribution in [0.1, 0.15) is 49.0 Å². The van der Waals surface area contributed by atoms with Crippen molar-refractivity contribution in [1.82, 2.24) is 19.6 Å². The van der Waals surface area contributed by atoms with Gasteiger partial charge in [-0.1, -0.05) is 11.6 Å². The maximum Gasteiger partial charge on any atom is 0.404 e. The van der Waals surface area contributed by atoms with E-state index in [2.05, 4.69) is 31.0 Å². The van der Waals surface area contributed by atoms with E-state index in [9.17, 15) is 9.59 Å². The van der Waals surface area contributed by atoms with Gasteiger partial charge in [-0.25, -0.2) is 19.3 Å². The summed E-state index contributed by atoms with van der Waals surface area (Å²) in [5.41, 5.74) is 7.35. The molecule has 2 saturated carbocycles. The number of pyridine rings is 1. The number of halogens is 1. The quantitative estimate of drug-likeness (QED) is 0.373. The molecule has 0 saturated heterocycles. The molecule has 5 N–H and O–H groups in total. The number of rotatable bonds is 7. The van der Waals surface area contributed by atoms with Crippen molar-refractivity contribution >= 4 is 46.4 Å². The van der Waals surface area contributed by atoms with Gasteiger partial charge in [-0.2, -0.15) is 0 Å². The molecule has 178 valence electrons. The van der Waals surface area contributed by atoms with Gasteiger partial charge < -0.3 is 26.4 Å². The van der Waals surface area contributed by atoms with Gasteiger partial charge in [0.2, 0.25) is 0 Å². The van der Waals surface area contributed by atoms with Crippen LogP contribution in [0, 0.1) is 0 Å². The lowest BCUT2D eigenvalue weighted by Crippen LogP contribution is -2.32. The molecule has 2 aliphatic rings. The second-order valence-corrected chi connectivity index (χ2v) is 9.00. The third-order valence-electron chi connectivity index (χ3n) is 5.93. The molecule has 2 amide bonds. The van der Waals surface area contributed by atoms with Crippen LogP contribution in [-0.2, 0) is 4.74 Å². The first-order valence-electron chi connectivity index (χ1n) is 11.3. The normalized spacial score (nSPS) is 20.0. The minimum absolute atomic E-state index is 0.149. The summed E-state index contributed by atoms with van der Waals surface area (Å²) in [5, 5.41) is 14.7. The van der Waals surface area contributed by atoms with Gasteiger partial charge in [0.1, 0.15) is 17.1 Å². The second-order valence-electron chi connectivity index (χ2n) is 8.62. The van der Waals surface area contributed by atoms with Crippen molar-refractivity contribution in [2.45, 2.75) is 56.7 Å². The molecule has 2 fully saturated rings. The Kier molecular flexibility index (Phi) is 6.10. The fraction of sp³-hybridized carbons (Fsp3) is 0.409. The molecule has 0 aliphatic heterocycles. The first-order chi connectivity index (χ1) is 16.4. The maximum atomic E-state index is 13.0. The van der Waals surface area contributed by atoms with E-state index in [1.807, 2.05) is 6.07 Å². The summed E-state index contributed by atoms with van der Waals surface area (Å²) < 4.78 is 6.67. The van der Waals surface area contributed by atoms with E-state index in [-0.39, 0.29) is 23.2 Å². The summed E-state index contributed by atoms with van der Waals surface area (Å²) in [5.74, 6) is 0.273. The summed E-state index contributed by atoms with van der Waals surface area (Å²) >= 11 is 5.93. The molecule has 11 nitrogen and oxygen atoms in total. The number of ether oxygens (including phenoxy) is 1. The van der Waals surface area contributed by atoms with E-state index in [4.69, 9.17) is 22.1 Å². The zero-order chi connectivity index (χ0) is 23.7. The van der Waals surface area contributed by atoms with E-state index in [1.54, 1.807) is 16.6 Å².